The molecule has 0 saturated heterocycles. The van der Waals surface area contributed by atoms with Gasteiger partial charge in [-0.25, -0.2) is 0 Å². The highest BCUT2D eigenvalue weighted by Gasteiger charge is 2.11. The van der Waals surface area contributed by atoms with Gasteiger partial charge in [-0.2, -0.15) is 0 Å². The summed E-state index contributed by atoms with van der Waals surface area (Å²) in [5.74, 6) is 0.267. The molecule has 0 aliphatic carbocycles. The molecule has 0 atom stereocenters. The Kier molecular flexibility index (Phi) is 8.77. The molecular formula is C20H23BrN2O5. The summed E-state index contributed by atoms with van der Waals surface area (Å²) >= 11 is 3.36. The van der Waals surface area contributed by atoms with E-state index in [1.54, 1.807) is 37.4 Å². The van der Waals surface area contributed by atoms with Crippen molar-refractivity contribution in [3.05, 3.63) is 58.1 Å². The Labute approximate surface area is 172 Å². The summed E-state index contributed by atoms with van der Waals surface area (Å²) in [6.07, 6.45) is 0.934. The van der Waals surface area contributed by atoms with Crippen LogP contribution < -0.4 is 20.3 Å². The van der Waals surface area contributed by atoms with Crippen molar-refractivity contribution in [2.75, 3.05) is 26.9 Å². The second-order valence-corrected chi connectivity index (χ2v) is 6.63. The van der Waals surface area contributed by atoms with Crippen molar-refractivity contribution in [2.45, 2.75) is 13.3 Å². The third-order valence-electron chi connectivity index (χ3n) is 3.76. The number of halogens is 1. The van der Waals surface area contributed by atoms with Crippen LogP contribution in [0.15, 0.2) is 46.9 Å². The van der Waals surface area contributed by atoms with Gasteiger partial charge in [0.2, 0.25) is 0 Å². The topological polar surface area (TPSA) is 85.9 Å². The molecule has 0 bridgehead atoms. The van der Waals surface area contributed by atoms with Crippen LogP contribution in [0.2, 0.25) is 0 Å². The number of nitrogens with one attached hydrogen (secondary N) is 2. The van der Waals surface area contributed by atoms with Gasteiger partial charge in [0.05, 0.1) is 11.1 Å². The first-order valence-electron chi connectivity index (χ1n) is 8.75. The molecule has 150 valence electrons. The van der Waals surface area contributed by atoms with Crippen molar-refractivity contribution >= 4 is 27.7 Å². The summed E-state index contributed by atoms with van der Waals surface area (Å²) in [6.45, 7) is 2.72. The minimum absolute atomic E-state index is 0.207. The molecule has 2 N–H and O–H groups in total. The standard InChI is InChI=1S/C20H23BrN2O5/c1-3-14-4-7-16(8-5-14)28-13-19(24)22-23-20(25)15-6-9-18(17(21)12-15)27-11-10-26-2/h4-9,12H,3,10-11,13H2,1-2H3,(H,22,24)(H,23,25). The molecule has 2 rings (SSSR count). The molecular weight excluding hydrogens is 428 g/mol. The second kappa shape index (κ2) is 11.3. The minimum Gasteiger partial charge on any atom is -0.490 e. The van der Waals surface area contributed by atoms with Crippen LogP contribution in [0.3, 0.4) is 0 Å². The summed E-state index contributed by atoms with van der Waals surface area (Å²) in [5.41, 5.74) is 6.22. The summed E-state index contributed by atoms with van der Waals surface area (Å²) in [6, 6.07) is 12.4. The maximum absolute atomic E-state index is 12.2. The molecule has 0 heterocycles. The van der Waals surface area contributed by atoms with Crippen molar-refractivity contribution in [3.63, 3.8) is 0 Å². The molecule has 0 radical (unpaired) electrons. The van der Waals surface area contributed by atoms with Crippen LogP contribution in [-0.4, -0.2) is 38.7 Å². The lowest BCUT2D eigenvalue weighted by Gasteiger charge is -2.11. The lowest BCUT2D eigenvalue weighted by molar-refractivity contribution is -0.123. The highest BCUT2D eigenvalue weighted by atomic mass is 79.9. The number of aryl methyl sites for hydroxylation is 1. The van der Waals surface area contributed by atoms with Gasteiger partial charge in [0.1, 0.15) is 18.1 Å². The van der Waals surface area contributed by atoms with Gasteiger partial charge in [-0.1, -0.05) is 19.1 Å². The maximum atomic E-state index is 12.2. The van der Waals surface area contributed by atoms with Crippen molar-refractivity contribution in [3.8, 4) is 11.5 Å². The largest absolute Gasteiger partial charge is 0.490 e. The zero-order valence-electron chi connectivity index (χ0n) is 15.8. The number of ether oxygens (including phenoxy) is 3. The zero-order chi connectivity index (χ0) is 20.4. The quantitative estimate of drug-likeness (QED) is 0.453. The summed E-state index contributed by atoms with van der Waals surface area (Å²) in [5, 5.41) is 0. The lowest BCUT2D eigenvalue weighted by atomic mass is 10.2. The lowest BCUT2D eigenvalue weighted by Crippen LogP contribution is -2.43. The number of hydrazine groups is 1. The van der Waals surface area contributed by atoms with E-state index in [2.05, 4.69) is 33.7 Å². The average Bonchev–Trinajstić information content (AvgIpc) is 2.72. The first-order valence-corrected chi connectivity index (χ1v) is 9.55. The highest BCUT2D eigenvalue weighted by Crippen LogP contribution is 2.26. The monoisotopic (exact) mass is 450 g/mol. The van der Waals surface area contributed by atoms with E-state index in [4.69, 9.17) is 14.2 Å². The van der Waals surface area contributed by atoms with E-state index >= 15 is 0 Å². The Bertz CT molecular complexity index is 796. The number of methoxy groups -OCH3 is 1. The molecule has 0 saturated carbocycles. The molecule has 0 aliphatic rings. The normalized spacial score (nSPS) is 10.2. The minimum atomic E-state index is -0.466. The van der Waals surface area contributed by atoms with Crippen molar-refractivity contribution in [2.24, 2.45) is 0 Å². The summed E-state index contributed by atoms with van der Waals surface area (Å²) in [4.78, 5) is 24.0. The Morgan fingerprint density at radius 2 is 1.75 bits per heavy atom. The number of benzene rings is 2. The summed E-state index contributed by atoms with van der Waals surface area (Å²) < 4.78 is 16.4. The molecule has 0 spiro atoms. The predicted octanol–water partition coefficient (Wildman–Crippen LogP) is 2.88. The van der Waals surface area contributed by atoms with Gasteiger partial charge in [0.25, 0.3) is 11.8 Å². The fourth-order valence-electron chi connectivity index (χ4n) is 2.20. The molecule has 0 fully saturated rings. The zero-order valence-corrected chi connectivity index (χ0v) is 17.4. The molecule has 2 amide bonds. The highest BCUT2D eigenvalue weighted by molar-refractivity contribution is 9.10. The molecule has 28 heavy (non-hydrogen) atoms. The number of carbonyl (C=O) groups excluding carboxylic acids is 2. The van der Waals surface area contributed by atoms with Gasteiger partial charge < -0.3 is 14.2 Å². The first-order chi connectivity index (χ1) is 13.5. The number of hydrogen-bond acceptors (Lipinski definition) is 5. The first kappa shape index (κ1) is 21.7. The Balaban J connectivity index is 1.78. The Morgan fingerprint density at radius 3 is 2.39 bits per heavy atom. The van der Waals surface area contributed by atoms with E-state index in [0.717, 1.165) is 6.42 Å². The van der Waals surface area contributed by atoms with Gasteiger partial charge in [0.15, 0.2) is 6.61 Å². The third kappa shape index (κ3) is 6.86. The van der Waals surface area contributed by atoms with Crippen LogP contribution in [-0.2, 0) is 16.0 Å². The molecule has 7 nitrogen and oxygen atoms in total. The van der Waals surface area contributed by atoms with E-state index in [-0.39, 0.29) is 6.61 Å². The average molecular weight is 451 g/mol. The Hall–Kier alpha value is -2.58. The van der Waals surface area contributed by atoms with Crippen LogP contribution in [0.4, 0.5) is 0 Å². The molecule has 2 aromatic rings. The molecule has 0 aliphatic heterocycles. The fourth-order valence-corrected chi connectivity index (χ4v) is 2.69. The molecule has 0 aromatic heterocycles. The van der Waals surface area contributed by atoms with Crippen LogP contribution in [0.25, 0.3) is 0 Å². The van der Waals surface area contributed by atoms with E-state index in [1.807, 2.05) is 12.1 Å². The Morgan fingerprint density at radius 1 is 1.00 bits per heavy atom. The van der Waals surface area contributed by atoms with E-state index < -0.39 is 11.8 Å². The smallest absolute Gasteiger partial charge is 0.276 e. The van der Waals surface area contributed by atoms with Crippen LogP contribution in [0.1, 0.15) is 22.8 Å². The van der Waals surface area contributed by atoms with Crippen molar-refractivity contribution in [1.82, 2.24) is 10.9 Å². The molecule has 0 unspecified atom stereocenters. The van der Waals surface area contributed by atoms with Gasteiger partial charge >= 0.3 is 0 Å². The van der Waals surface area contributed by atoms with Crippen LogP contribution in [0, 0.1) is 0 Å². The third-order valence-corrected chi connectivity index (χ3v) is 4.38. The number of carbonyl (C=O) groups is 2. The van der Waals surface area contributed by atoms with Gasteiger partial charge in [-0.15, -0.1) is 0 Å². The van der Waals surface area contributed by atoms with Crippen molar-refractivity contribution < 1.29 is 23.8 Å². The van der Waals surface area contributed by atoms with Gasteiger partial charge in [0, 0.05) is 12.7 Å². The summed E-state index contributed by atoms with van der Waals surface area (Å²) in [7, 11) is 1.59. The number of amides is 2. The maximum Gasteiger partial charge on any atom is 0.276 e. The van der Waals surface area contributed by atoms with E-state index in [0.29, 0.717) is 34.7 Å². The number of hydrogen-bond donors (Lipinski definition) is 2. The molecule has 2 aromatic carbocycles. The number of rotatable bonds is 9. The van der Waals surface area contributed by atoms with E-state index in [9.17, 15) is 9.59 Å². The van der Waals surface area contributed by atoms with Crippen LogP contribution >= 0.6 is 15.9 Å². The van der Waals surface area contributed by atoms with E-state index in [1.165, 1.54) is 5.56 Å². The molecule has 8 heteroatoms. The van der Waals surface area contributed by atoms with Gasteiger partial charge in [-0.3, -0.25) is 20.4 Å². The SMILES string of the molecule is CCc1ccc(OCC(=O)NNC(=O)c2ccc(OCCOC)c(Br)c2)cc1. The van der Waals surface area contributed by atoms with Gasteiger partial charge in [-0.05, 0) is 58.2 Å². The second-order valence-electron chi connectivity index (χ2n) is 5.77. The predicted molar refractivity (Wildman–Crippen MR) is 108 cm³/mol. The van der Waals surface area contributed by atoms with Crippen molar-refractivity contribution in [1.29, 1.82) is 0 Å². The fraction of sp³-hybridized carbons (Fsp3) is 0.300. The van der Waals surface area contributed by atoms with Crippen LogP contribution in [0.5, 0.6) is 11.5 Å².